The van der Waals surface area contributed by atoms with Gasteiger partial charge in [0.2, 0.25) is 0 Å². The van der Waals surface area contributed by atoms with Crippen molar-refractivity contribution in [2.75, 3.05) is 4.90 Å². The first-order valence-corrected chi connectivity index (χ1v) is 20.6. The Balaban J connectivity index is 0.999. The molecular formula is C58H37NO. The summed E-state index contributed by atoms with van der Waals surface area (Å²) in [7, 11) is 0. The Kier molecular flexibility index (Phi) is 7.89. The van der Waals surface area contributed by atoms with Gasteiger partial charge >= 0.3 is 0 Å². The first kappa shape index (κ1) is 34.1. The van der Waals surface area contributed by atoms with Crippen LogP contribution in [0.15, 0.2) is 229 Å². The van der Waals surface area contributed by atoms with Gasteiger partial charge in [-0.25, -0.2) is 0 Å². The zero-order valence-electron chi connectivity index (χ0n) is 32.7. The lowest BCUT2D eigenvalue weighted by molar-refractivity contribution is 0.669. The second kappa shape index (κ2) is 13.9. The lowest BCUT2D eigenvalue weighted by atomic mass is 9.95. The molecule has 12 rings (SSSR count). The van der Waals surface area contributed by atoms with Gasteiger partial charge in [-0.3, -0.25) is 0 Å². The third kappa shape index (κ3) is 5.65. The molecule has 2 heteroatoms. The van der Waals surface area contributed by atoms with E-state index in [1.165, 1.54) is 54.2 Å². The van der Waals surface area contributed by atoms with Gasteiger partial charge < -0.3 is 9.32 Å². The number of hydrogen-bond donors (Lipinski definition) is 0. The molecule has 0 bridgehead atoms. The number of furan rings is 1. The number of hydrogen-bond acceptors (Lipinski definition) is 2. The third-order valence-corrected chi connectivity index (χ3v) is 12.2. The first-order valence-electron chi connectivity index (χ1n) is 20.6. The Labute approximate surface area is 347 Å². The van der Waals surface area contributed by atoms with Crippen molar-refractivity contribution in [2.45, 2.75) is 0 Å². The summed E-state index contributed by atoms with van der Waals surface area (Å²) in [5.41, 5.74) is 12.0. The molecule has 11 aromatic carbocycles. The lowest BCUT2D eigenvalue weighted by Crippen LogP contribution is -2.11. The second-order valence-electron chi connectivity index (χ2n) is 15.7. The molecule has 280 valence electrons. The third-order valence-electron chi connectivity index (χ3n) is 12.2. The van der Waals surface area contributed by atoms with Gasteiger partial charge in [-0.1, -0.05) is 176 Å². The van der Waals surface area contributed by atoms with Crippen molar-refractivity contribution in [3.63, 3.8) is 0 Å². The Hall–Kier alpha value is -7.94. The summed E-state index contributed by atoms with van der Waals surface area (Å²) in [6.07, 6.45) is 0. The van der Waals surface area contributed by atoms with Crippen LogP contribution >= 0.6 is 0 Å². The van der Waals surface area contributed by atoms with E-state index in [-0.39, 0.29) is 0 Å². The summed E-state index contributed by atoms with van der Waals surface area (Å²) in [6.45, 7) is 0. The van der Waals surface area contributed by atoms with E-state index in [1.807, 2.05) is 6.07 Å². The van der Waals surface area contributed by atoms with Crippen LogP contribution in [0.4, 0.5) is 17.1 Å². The summed E-state index contributed by atoms with van der Waals surface area (Å²) in [6, 6.07) is 81.4. The van der Waals surface area contributed by atoms with Crippen molar-refractivity contribution < 1.29 is 4.42 Å². The molecule has 60 heavy (non-hydrogen) atoms. The number of anilines is 3. The van der Waals surface area contributed by atoms with Gasteiger partial charge in [0.15, 0.2) is 0 Å². The molecule has 0 saturated heterocycles. The number of benzene rings is 11. The maximum absolute atomic E-state index is 6.47. The van der Waals surface area contributed by atoms with Crippen molar-refractivity contribution in [1.82, 2.24) is 0 Å². The van der Waals surface area contributed by atoms with Crippen LogP contribution in [0.5, 0.6) is 0 Å². The van der Waals surface area contributed by atoms with Gasteiger partial charge in [-0.15, -0.1) is 0 Å². The van der Waals surface area contributed by atoms with Gasteiger partial charge in [0.1, 0.15) is 11.2 Å². The number of fused-ring (bicyclic) bond motifs is 9. The smallest absolute Gasteiger partial charge is 0.137 e. The van der Waals surface area contributed by atoms with Gasteiger partial charge in [0, 0.05) is 16.6 Å². The van der Waals surface area contributed by atoms with Crippen LogP contribution in [0, 0.1) is 0 Å². The molecule has 0 N–H and O–H groups in total. The van der Waals surface area contributed by atoms with E-state index in [9.17, 15) is 0 Å². The normalized spacial score (nSPS) is 11.7. The van der Waals surface area contributed by atoms with Crippen molar-refractivity contribution in [2.24, 2.45) is 0 Å². The average Bonchev–Trinajstić information content (AvgIpc) is 3.71. The van der Waals surface area contributed by atoms with Crippen LogP contribution in [-0.2, 0) is 0 Å². The summed E-state index contributed by atoms with van der Waals surface area (Å²) < 4.78 is 6.47. The molecule has 2 nitrogen and oxygen atoms in total. The number of rotatable bonds is 6. The fourth-order valence-corrected chi connectivity index (χ4v) is 9.30. The molecule has 1 aromatic heterocycles. The van der Waals surface area contributed by atoms with Crippen molar-refractivity contribution in [3.8, 4) is 33.4 Å². The Morgan fingerprint density at radius 3 is 1.62 bits per heavy atom. The molecule has 0 fully saturated rings. The second-order valence-corrected chi connectivity index (χ2v) is 15.7. The largest absolute Gasteiger partial charge is 0.456 e. The molecule has 0 spiro atoms. The zero-order valence-corrected chi connectivity index (χ0v) is 32.7. The van der Waals surface area contributed by atoms with Crippen molar-refractivity contribution in [3.05, 3.63) is 224 Å². The number of para-hydroxylation sites is 2. The summed E-state index contributed by atoms with van der Waals surface area (Å²) in [5.74, 6) is 0. The SMILES string of the molecule is c1cc(-c2ccc(-c3ccc4ccc5ccccc5c4c3)cc2)cc(N(c2ccccc2-c2ccc3c(ccc4ccccc43)c2)c2cccc3oc4ccccc4c23)c1. The van der Waals surface area contributed by atoms with Gasteiger partial charge in [0.05, 0.1) is 16.8 Å². The van der Waals surface area contributed by atoms with Crippen LogP contribution in [-0.4, -0.2) is 0 Å². The van der Waals surface area contributed by atoms with Gasteiger partial charge in [0.25, 0.3) is 0 Å². The van der Waals surface area contributed by atoms with Crippen LogP contribution in [0.1, 0.15) is 0 Å². The maximum Gasteiger partial charge on any atom is 0.137 e. The molecule has 0 radical (unpaired) electrons. The van der Waals surface area contributed by atoms with E-state index >= 15 is 0 Å². The molecule has 0 saturated carbocycles. The highest BCUT2D eigenvalue weighted by molar-refractivity contribution is 6.14. The fourth-order valence-electron chi connectivity index (χ4n) is 9.30. The van der Waals surface area contributed by atoms with Gasteiger partial charge in [-0.2, -0.15) is 0 Å². The molecule has 0 aliphatic rings. The minimum Gasteiger partial charge on any atom is -0.456 e. The topological polar surface area (TPSA) is 16.4 Å². The molecule has 12 aromatic rings. The number of nitrogens with zero attached hydrogens (tertiary/aromatic N) is 1. The molecule has 0 aliphatic carbocycles. The van der Waals surface area contributed by atoms with Gasteiger partial charge in [-0.05, 0) is 119 Å². The minimum atomic E-state index is 0.863. The van der Waals surface area contributed by atoms with Crippen LogP contribution in [0.25, 0.3) is 98.4 Å². The van der Waals surface area contributed by atoms with Crippen molar-refractivity contribution >= 4 is 82.1 Å². The Morgan fingerprint density at radius 1 is 0.283 bits per heavy atom. The molecule has 1 heterocycles. The molecule has 0 atom stereocenters. The van der Waals surface area contributed by atoms with E-state index in [4.69, 9.17) is 4.42 Å². The first-order chi connectivity index (χ1) is 29.7. The summed E-state index contributed by atoms with van der Waals surface area (Å²) in [5, 5.41) is 12.3. The highest BCUT2D eigenvalue weighted by atomic mass is 16.3. The minimum absolute atomic E-state index is 0.863. The Morgan fingerprint density at radius 2 is 0.817 bits per heavy atom. The van der Waals surface area contributed by atoms with E-state index in [2.05, 4.69) is 223 Å². The monoisotopic (exact) mass is 763 g/mol. The molecular weight excluding hydrogens is 727 g/mol. The standard InChI is InChI=1S/C58H37NO/c1-3-15-48-40(11-1)30-32-45-35-46(33-34-50(45)48)51-17-5-7-19-54(51)59(55-20-10-22-57-58(55)52-18-6-8-21-56(52)60-57)47-14-9-13-43(36-47)38-23-25-39(26-24-38)44-31-29-42-28-27-41-12-2-4-16-49(41)53(42)37-44/h1-37H. The summed E-state index contributed by atoms with van der Waals surface area (Å²) in [4.78, 5) is 2.42. The zero-order chi connectivity index (χ0) is 39.6. The van der Waals surface area contributed by atoms with E-state index in [0.717, 1.165) is 61.3 Å². The fraction of sp³-hybridized carbons (Fsp3) is 0. The molecule has 0 unspecified atom stereocenters. The highest BCUT2D eigenvalue weighted by Crippen LogP contribution is 2.47. The van der Waals surface area contributed by atoms with Crippen molar-refractivity contribution in [1.29, 1.82) is 0 Å². The van der Waals surface area contributed by atoms with E-state index in [0.29, 0.717) is 0 Å². The van der Waals surface area contributed by atoms with Crippen LogP contribution < -0.4 is 4.90 Å². The van der Waals surface area contributed by atoms with Crippen LogP contribution in [0.3, 0.4) is 0 Å². The molecule has 0 aliphatic heterocycles. The highest BCUT2D eigenvalue weighted by Gasteiger charge is 2.22. The Bertz CT molecular complexity index is 3610. The quantitative estimate of drug-likeness (QED) is 0.157. The predicted octanol–water partition coefficient (Wildman–Crippen LogP) is 16.7. The van der Waals surface area contributed by atoms with E-state index in [1.54, 1.807) is 0 Å². The lowest BCUT2D eigenvalue weighted by Gasteiger charge is -2.29. The predicted molar refractivity (Wildman–Crippen MR) is 255 cm³/mol. The average molecular weight is 764 g/mol. The maximum atomic E-state index is 6.47. The molecule has 0 amide bonds. The van der Waals surface area contributed by atoms with E-state index < -0.39 is 0 Å². The summed E-state index contributed by atoms with van der Waals surface area (Å²) >= 11 is 0. The van der Waals surface area contributed by atoms with Crippen LogP contribution in [0.2, 0.25) is 0 Å².